The molecule has 1 aliphatic rings. The van der Waals surface area contributed by atoms with Crippen molar-refractivity contribution >= 4 is 5.91 Å². The Labute approximate surface area is 73.4 Å². The molecule has 1 N–H and O–H groups in total. The van der Waals surface area contributed by atoms with E-state index in [4.69, 9.17) is 0 Å². The van der Waals surface area contributed by atoms with Crippen LogP contribution in [0.25, 0.3) is 0 Å². The smallest absolute Gasteiger partial charge is 0.224 e. The molecule has 1 saturated heterocycles. The van der Waals surface area contributed by atoms with Crippen molar-refractivity contribution in [3.63, 3.8) is 0 Å². The van der Waals surface area contributed by atoms with E-state index < -0.39 is 6.23 Å². The Bertz CT molecular complexity index is 159. The molecule has 0 spiro atoms. The van der Waals surface area contributed by atoms with Crippen molar-refractivity contribution in [2.24, 2.45) is 0 Å². The van der Waals surface area contributed by atoms with E-state index in [-0.39, 0.29) is 5.91 Å². The highest BCUT2D eigenvalue weighted by atomic mass is 16.3. The molecule has 1 rings (SSSR count). The molecule has 1 heterocycles. The van der Waals surface area contributed by atoms with Crippen LogP contribution in [-0.4, -0.2) is 28.7 Å². The Morgan fingerprint density at radius 1 is 1.50 bits per heavy atom. The minimum Gasteiger partial charge on any atom is -0.374 e. The second kappa shape index (κ2) is 4.45. The lowest BCUT2D eigenvalue weighted by atomic mass is 10.2. The van der Waals surface area contributed by atoms with Crippen molar-refractivity contribution in [1.82, 2.24) is 4.90 Å². The third-order valence-corrected chi connectivity index (χ3v) is 2.33. The van der Waals surface area contributed by atoms with Crippen LogP contribution in [0.3, 0.4) is 0 Å². The van der Waals surface area contributed by atoms with E-state index in [2.05, 4.69) is 0 Å². The fraction of sp³-hybridized carbons (Fsp3) is 0.889. The van der Waals surface area contributed by atoms with E-state index in [1.807, 2.05) is 6.92 Å². The standard InChI is InChI=1S/C9H17NO2/c1-2-8(11)10-7-5-3-4-6-9(10)12/h8,11H,2-7H2,1H3. The number of hydrogen-bond donors (Lipinski definition) is 1. The van der Waals surface area contributed by atoms with Crippen LogP contribution in [0.15, 0.2) is 0 Å². The predicted molar refractivity (Wildman–Crippen MR) is 46.5 cm³/mol. The molecule has 1 amide bonds. The van der Waals surface area contributed by atoms with Crippen LogP contribution in [0.1, 0.15) is 39.0 Å². The average Bonchev–Trinajstić information content (AvgIpc) is 2.28. The fourth-order valence-corrected chi connectivity index (χ4v) is 1.54. The summed E-state index contributed by atoms with van der Waals surface area (Å²) in [6, 6.07) is 0. The third kappa shape index (κ3) is 2.21. The van der Waals surface area contributed by atoms with Gasteiger partial charge in [-0.25, -0.2) is 0 Å². The van der Waals surface area contributed by atoms with Crippen LogP contribution in [0.4, 0.5) is 0 Å². The average molecular weight is 171 g/mol. The summed E-state index contributed by atoms with van der Waals surface area (Å²) in [7, 11) is 0. The van der Waals surface area contributed by atoms with Crippen LogP contribution >= 0.6 is 0 Å². The van der Waals surface area contributed by atoms with Crippen molar-refractivity contribution in [2.75, 3.05) is 6.54 Å². The van der Waals surface area contributed by atoms with Gasteiger partial charge in [0.2, 0.25) is 5.91 Å². The predicted octanol–water partition coefficient (Wildman–Crippen LogP) is 1.12. The van der Waals surface area contributed by atoms with Gasteiger partial charge in [0.25, 0.3) is 0 Å². The summed E-state index contributed by atoms with van der Waals surface area (Å²) in [4.78, 5) is 13.0. The normalized spacial score (nSPS) is 22.2. The van der Waals surface area contributed by atoms with E-state index in [1.54, 1.807) is 4.90 Å². The third-order valence-electron chi connectivity index (χ3n) is 2.33. The Hall–Kier alpha value is -0.570. The van der Waals surface area contributed by atoms with Gasteiger partial charge in [0, 0.05) is 13.0 Å². The van der Waals surface area contributed by atoms with Crippen LogP contribution in [0.5, 0.6) is 0 Å². The molecule has 12 heavy (non-hydrogen) atoms. The number of aliphatic hydroxyl groups excluding tert-OH is 1. The molecule has 1 aliphatic heterocycles. The van der Waals surface area contributed by atoms with Crippen molar-refractivity contribution < 1.29 is 9.90 Å². The zero-order valence-electron chi connectivity index (χ0n) is 7.62. The Morgan fingerprint density at radius 3 is 2.92 bits per heavy atom. The van der Waals surface area contributed by atoms with Crippen molar-refractivity contribution in [1.29, 1.82) is 0 Å². The molecule has 0 saturated carbocycles. The van der Waals surface area contributed by atoms with E-state index in [0.717, 1.165) is 25.8 Å². The highest BCUT2D eigenvalue weighted by molar-refractivity contribution is 5.76. The zero-order valence-corrected chi connectivity index (χ0v) is 7.62. The topological polar surface area (TPSA) is 40.5 Å². The lowest BCUT2D eigenvalue weighted by molar-refractivity contribution is -0.140. The van der Waals surface area contributed by atoms with E-state index in [0.29, 0.717) is 12.8 Å². The van der Waals surface area contributed by atoms with Gasteiger partial charge in [-0.05, 0) is 19.3 Å². The number of nitrogens with zero attached hydrogens (tertiary/aromatic N) is 1. The van der Waals surface area contributed by atoms with Crippen LogP contribution in [0, 0.1) is 0 Å². The van der Waals surface area contributed by atoms with Crippen molar-refractivity contribution in [3.8, 4) is 0 Å². The van der Waals surface area contributed by atoms with Gasteiger partial charge in [0.1, 0.15) is 6.23 Å². The van der Waals surface area contributed by atoms with Gasteiger partial charge in [-0.3, -0.25) is 4.79 Å². The first-order chi connectivity index (χ1) is 5.75. The minimum absolute atomic E-state index is 0.113. The molecular formula is C9H17NO2. The van der Waals surface area contributed by atoms with E-state index in [9.17, 15) is 9.90 Å². The van der Waals surface area contributed by atoms with Crippen LogP contribution in [-0.2, 0) is 4.79 Å². The van der Waals surface area contributed by atoms with Gasteiger partial charge in [-0.2, -0.15) is 0 Å². The first-order valence-electron chi connectivity index (χ1n) is 4.73. The molecule has 3 nitrogen and oxygen atoms in total. The van der Waals surface area contributed by atoms with Crippen molar-refractivity contribution in [2.45, 2.75) is 45.3 Å². The summed E-state index contributed by atoms with van der Waals surface area (Å²) < 4.78 is 0. The molecule has 0 bridgehead atoms. The first kappa shape index (κ1) is 9.52. The summed E-state index contributed by atoms with van der Waals surface area (Å²) >= 11 is 0. The summed E-state index contributed by atoms with van der Waals surface area (Å²) in [6.45, 7) is 2.62. The summed E-state index contributed by atoms with van der Waals surface area (Å²) in [6.07, 6.45) is 3.80. The van der Waals surface area contributed by atoms with Gasteiger partial charge in [0.05, 0.1) is 0 Å². The number of carbonyl (C=O) groups excluding carboxylic acids is 1. The number of amides is 1. The molecule has 70 valence electrons. The van der Waals surface area contributed by atoms with Gasteiger partial charge in [-0.1, -0.05) is 13.3 Å². The lowest BCUT2D eigenvalue weighted by Gasteiger charge is -2.25. The van der Waals surface area contributed by atoms with Crippen LogP contribution in [0.2, 0.25) is 0 Å². The van der Waals surface area contributed by atoms with Gasteiger partial charge in [0.15, 0.2) is 0 Å². The molecular weight excluding hydrogens is 154 g/mol. The Kier molecular flexibility index (Phi) is 3.53. The highest BCUT2D eigenvalue weighted by Gasteiger charge is 2.21. The van der Waals surface area contributed by atoms with Crippen molar-refractivity contribution in [3.05, 3.63) is 0 Å². The van der Waals surface area contributed by atoms with Gasteiger partial charge >= 0.3 is 0 Å². The minimum atomic E-state index is -0.560. The molecule has 0 aromatic heterocycles. The van der Waals surface area contributed by atoms with E-state index >= 15 is 0 Å². The summed E-state index contributed by atoms with van der Waals surface area (Å²) in [5.74, 6) is 0.113. The van der Waals surface area contributed by atoms with Gasteiger partial charge < -0.3 is 10.0 Å². The molecule has 1 fully saturated rings. The molecule has 0 aliphatic carbocycles. The monoisotopic (exact) mass is 171 g/mol. The fourth-order valence-electron chi connectivity index (χ4n) is 1.54. The highest BCUT2D eigenvalue weighted by Crippen LogP contribution is 2.13. The zero-order chi connectivity index (χ0) is 8.97. The Balaban J connectivity index is 2.52. The summed E-state index contributed by atoms with van der Waals surface area (Å²) in [5, 5.41) is 9.48. The van der Waals surface area contributed by atoms with Gasteiger partial charge in [-0.15, -0.1) is 0 Å². The molecule has 1 unspecified atom stereocenters. The quantitative estimate of drug-likeness (QED) is 0.676. The number of hydrogen-bond acceptors (Lipinski definition) is 2. The largest absolute Gasteiger partial charge is 0.374 e. The lowest BCUT2D eigenvalue weighted by Crippen LogP contribution is -2.39. The first-order valence-corrected chi connectivity index (χ1v) is 4.73. The Morgan fingerprint density at radius 2 is 2.25 bits per heavy atom. The number of rotatable bonds is 2. The maximum atomic E-state index is 11.4. The number of likely N-dealkylation sites (tertiary alicyclic amines) is 1. The molecule has 1 atom stereocenters. The molecule has 0 radical (unpaired) electrons. The number of aliphatic hydroxyl groups is 1. The molecule has 3 heteroatoms. The number of carbonyl (C=O) groups is 1. The summed E-state index contributed by atoms with van der Waals surface area (Å²) in [5.41, 5.74) is 0. The second-order valence-electron chi connectivity index (χ2n) is 3.29. The maximum Gasteiger partial charge on any atom is 0.224 e. The van der Waals surface area contributed by atoms with Crippen LogP contribution < -0.4 is 0 Å². The molecule has 0 aromatic carbocycles. The SMILES string of the molecule is CCC(O)N1CCCCCC1=O. The molecule has 0 aromatic rings. The van der Waals surface area contributed by atoms with E-state index in [1.165, 1.54) is 0 Å². The second-order valence-corrected chi connectivity index (χ2v) is 3.29. The maximum absolute atomic E-state index is 11.4.